The molecule has 0 amide bonds. The van der Waals surface area contributed by atoms with Gasteiger partial charge in [-0.25, -0.2) is 18.1 Å². The highest BCUT2D eigenvalue weighted by Gasteiger charge is 2.14. The fraction of sp³-hybridized carbons (Fsp3) is 0.158. The van der Waals surface area contributed by atoms with Crippen molar-refractivity contribution in [1.82, 2.24) is 14.7 Å². The molecule has 0 saturated heterocycles. The molecule has 0 aliphatic rings. The molecule has 6 nitrogen and oxygen atoms in total. The highest BCUT2D eigenvalue weighted by Crippen LogP contribution is 2.21. The van der Waals surface area contributed by atoms with Crippen LogP contribution < -0.4 is 9.46 Å². The Morgan fingerprint density at radius 2 is 1.81 bits per heavy atom. The number of hydrogen-bond donors (Lipinski definition) is 1. The van der Waals surface area contributed by atoms with Gasteiger partial charge in [-0.05, 0) is 31.2 Å². The Morgan fingerprint density at radius 3 is 2.46 bits per heavy atom. The number of benzene rings is 1. The third-order valence-corrected chi connectivity index (χ3v) is 5.21. The van der Waals surface area contributed by atoms with E-state index in [4.69, 9.17) is 4.74 Å². The summed E-state index contributed by atoms with van der Waals surface area (Å²) in [6.07, 6.45) is 1.68. The number of aryl methyl sites for hydroxylation is 1. The normalized spacial score (nSPS) is 11.3. The monoisotopic (exact) mass is 369 g/mol. The van der Waals surface area contributed by atoms with Gasteiger partial charge in [0.05, 0.1) is 35.6 Å². The Kier molecular flexibility index (Phi) is 5.29. The molecule has 0 fully saturated rings. The third kappa shape index (κ3) is 4.25. The second-order valence-corrected chi connectivity index (χ2v) is 7.50. The predicted molar refractivity (Wildman–Crippen MR) is 99.2 cm³/mol. The van der Waals surface area contributed by atoms with E-state index < -0.39 is 10.0 Å². The van der Waals surface area contributed by atoms with Gasteiger partial charge in [-0.15, -0.1) is 0 Å². The van der Waals surface area contributed by atoms with Crippen LogP contribution in [0.15, 0.2) is 65.7 Å². The molecule has 1 aromatic carbocycles. The summed E-state index contributed by atoms with van der Waals surface area (Å²) in [7, 11) is -2.07. The molecule has 0 radical (unpaired) electrons. The molecule has 0 atom stereocenters. The van der Waals surface area contributed by atoms with Gasteiger partial charge < -0.3 is 4.74 Å². The minimum atomic E-state index is -3.62. The summed E-state index contributed by atoms with van der Waals surface area (Å²) < 4.78 is 32.8. The summed E-state index contributed by atoms with van der Waals surface area (Å²) in [5, 5.41) is 0. The van der Waals surface area contributed by atoms with E-state index in [1.165, 1.54) is 0 Å². The van der Waals surface area contributed by atoms with Crippen LogP contribution in [0.1, 0.15) is 11.3 Å². The fourth-order valence-corrected chi connectivity index (χ4v) is 3.38. The lowest BCUT2D eigenvalue weighted by molar-refractivity contribution is 0.413. The van der Waals surface area contributed by atoms with Crippen LogP contribution in [0.3, 0.4) is 0 Å². The average molecular weight is 369 g/mol. The second-order valence-electron chi connectivity index (χ2n) is 5.74. The van der Waals surface area contributed by atoms with Crippen LogP contribution in [0, 0.1) is 6.92 Å². The summed E-state index contributed by atoms with van der Waals surface area (Å²) >= 11 is 0. The van der Waals surface area contributed by atoms with Crippen molar-refractivity contribution < 1.29 is 13.2 Å². The molecule has 2 aromatic heterocycles. The zero-order chi connectivity index (χ0) is 18.6. The van der Waals surface area contributed by atoms with Gasteiger partial charge in [-0.1, -0.05) is 23.8 Å². The molecule has 0 bridgehead atoms. The molecule has 0 unspecified atom stereocenters. The highest BCUT2D eigenvalue weighted by atomic mass is 32.2. The quantitative estimate of drug-likeness (QED) is 0.722. The van der Waals surface area contributed by atoms with Crippen molar-refractivity contribution in [2.24, 2.45) is 0 Å². The third-order valence-electron chi connectivity index (χ3n) is 3.79. The number of methoxy groups -OCH3 is 1. The highest BCUT2D eigenvalue weighted by molar-refractivity contribution is 7.89. The molecule has 2 heterocycles. The molecular formula is C19H19N3O3S. The minimum absolute atomic E-state index is 0.0489. The molecular weight excluding hydrogens is 350 g/mol. The van der Waals surface area contributed by atoms with Crippen LogP contribution in [-0.2, 0) is 16.6 Å². The number of nitrogens with one attached hydrogen (secondary N) is 1. The van der Waals surface area contributed by atoms with E-state index in [-0.39, 0.29) is 11.4 Å². The second kappa shape index (κ2) is 7.63. The van der Waals surface area contributed by atoms with Crippen molar-refractivity contribution in [2.75, 3.05) is 7.11 Å². The molecule has 3 rings (SSSR count). The van der Waals surface area contributed by atoms with Crippen LogP contribution in [0.2, 0.25) is 0 Å². The van der Waals surface area contributed by atoms with E-state index in [1.807, 2.05) is 25.1 Å². The van der Waals surface area contributed by atoms with E-state index in [2.05, 4.69) is 14.7 Å². The van der Waals surface area contributed by atoms with Crippen LogP contribution >= 0.6 is 0 Å². The van der Waals surface area contributed by atoms with Gasteiger partial charge >= 0.3 is 0 Å². The number of nitrogens with zero attached hydrogens (tertiary/aromatic N) is 2. The predicted octanol–water partition coefficient (Wildman–Crippen LogP) is 2.94. The molecule has 0 spiro atoms. The Labute approximate surface area is 153 Å². The van der Waals surface area contributed by atoms with Crippen LogP contribution in [0.25, 0.3) is 11.4 Å². The lowest BCUT2D eigenvalue weighted by Gasteiger charge is -2.10. The van der Waals surface area contributed by atoms with E-state index >= 15 is 0 Å². The maximum Gasteiger partial charge on any atom is 0.240 e. The Hall–Kier alpha value is -2.77. The van der Waals surface area contributed by atoms with Crippen molar-refractivity contribution in [3.05, 3.63) is 72.1 Å². The van der Waals surface area contributed by atoms with Gasteiger partial charge in [0.25, 0.3) is 0 Å². The average Bonchev–Trinajstić information content (AvgIpc) is 2.67. The van der Waals surface area contributed by atoms with E-state index in [0.29, 0.717) is 22.8 Å². The topological polar surface area (TPSA) is 81.2 Å². The number of rotatable bonds is 6. The minimum Gasteiger partial charge on any atom is -0.497 e. The van der Waals surface area contributed by atoms with Crippen LogP contribution in [0.5, 0.6) is 5.75 Å². The lowest BCUT2D eigenvalue weighted by Crippen LogP contribution is -2.23. The number of aromatic nitrogens is 2. The molecule has 0 aliphatic carbocycles. The first-order valence-electron chi connectivity index (χ1n) is 8.00. The van der Waals surface area contributed by atoms with E-state index in [9.17, 15) is 8.42 Å². The number of hydrogen-bond acceptors (Lipinski definition) is 5. The summed E-state index contributed by atoms with van der Waals surface area (Å²) in [5.41, 5.74) is 2.85. The van der Waals surface area contributed by atoms with Crippen molar-refractivity contribution in [3.8, 4) is 17.1 Å². The molecule has 0 aliphatic heterocycles. The summed E-state index contributed by atoms with van der Waals surface area (Å²) in [4.78, 5) is 8.98. The first kappa shape index (κ1) is 18.0. The summed E-state index contributed by atoms with van der Waals surface area (Å²) in [5.74, 6) is 0.588. The van der Waals surface area contributed by atoms with Crippen molar-refractivity contribution >= 4 is 10.0 Å². The molecule has 26 heavy (non-hydrogen) atoms. The van der Waals surface area contributed by atoms with Gasteiger partial charge in [-0.3, -0.25) is 4.98 Å². The number of sulfonamides is 1. The maximum absolute atomic E-state index is 12.4. The standard InChI is InChI=1S/C19H19N3O3S/c1-14-6-8-17(9-7-14)26(23,24)21-13-15-11-16(25-2)12-19(22-15)18-5-3-4-10-20-18/h3-12,21H,13H2,1-2H3. The largest absolute Gasteiger partial charge is 0.497 e. The first-order valence-corrected chi connectivity index (χ1v) is 9.49. The van der Waals surface area contributed by atoms with E-state index in [0.717, 1.165) is 5.56 Å². The van der Waals surface area contributed by atoms with Gasteiger partial charge in [0.15, 0.2) is 0 Å². The molecule has 1 N–H and O–H groups in total. The zero-order valence-electron chi connectivity index (χ0n) is 14.5. The van der Waals surface area contributed by atoms with Crippen molar-refractivity contribution in [2.45, 2.75) is 18.4 Å². The smallest absolute Gasteiger partial charge is 0.240 e. The molecule has 0 saturated carbocycles. The van der Waals surface area contributed by atoms with Crippen LogP contribution in [-0.4, -0.2) is 25.5 Å². The summed E-state index contributed by atoms with van der Waals surface area (Å²) in [6.45, 7) is 1.95. The summed E-state index contributed by atoms with van der Waals surface area (Å²) in [6, 6.07) is 15.7. The molecule has 7 heteroatoms. The molecule has 3 aromatic rings. The SMILES string of the molecule is COc1cc(CNS(=O)(=O)c2ccc(C)cc2)nc(-c2ccccn2)c1. The van der Waals surface area contributed by atoms with Crippen LogP contribution in [0.4, 0.5) is 0 Å². The zero-order valence-corrected chi connectivity index (χ0v) is 15.3. The van der Waals surface area contributed by atoms with Gasteiger partial charge in [0.1, 0.15) is 5.75 Å². The number of ether oxygens (including phenoxy) is 1. The van der Waals surface area contributed by atoms with Crippen molar-refractivity contribution in [1.29, 1.82) is 0 Å². The Balaban J connectivity index is 1.84. The Morgan fingerprint density at radius 1 is 1.04 bits per heavy atom. The van der Waals surface area contributed by atoms with E-state index in [1.54, 1.807) is 49.7 Å². The van der Waals surface area contributed by atoms with Gasteiger partial charge in [-0.2, -0.15) is 0 Å². The maximum atomic E-state index is 12.4. The van der Waals surface area contributed by atoms with Crippen molar-refractivity contribution in [3.63, 3.8) is 0 Å². The van der Waals surface area contributed by atoms with Gasteiger partial charge in [0.2, 0.25) is 10.0 Å². The first-order chi connectivity index (χ1) is 12.5. The molecule has 134 valence electrons. The van der Waals surface area contributed by atoms with Gasteiger partial charge in [0, 0.05) is 18.3 Å². The fourth-order valence-electron chi connectivity index (χ4n) is 2.38. The lowest BCUT2D eigenvalue weighted by atomic mass is 10.2. The number of pyridine rings is 2. The Bertz CT molecular complexity index is 988.